The molecule has 0 saturated heterocycles. The summed E-state index contributed by atoms with van der Waals surface area (Å²) in [5.74, 6) is 3.10. The molecule has 0 aromatic heterocycles. The average Bonchev–Trinajstić information content (AvgIpc) is 2.00. The van der Waals surface area contributed by atoms with Crippen molar-refractivity contribution in [1.29, 1.82) is 0 Å². The topological polar surface area (TPSA) is 17.1 Å². The lowest BCUT2D eigenvalue weighted by molar-refractivity contribution is -0.136. The van der Waals surface area contributed by atoms with Crippen molar-refractivity contribution in [3.8, 4) is 0 Å². The van der Waals surface area contributed by atoms with E-state index in [0.717, 1.165) is 17.8 Å². The molecule has 0 aromatic rings. The third-order valence-corrected chi connectivity index (χ3v) is 4.91. The van der Waals surface area contributed by atoms with Gasteiger partial charge in [0.1, 0.15) is 6.29 Å². The Bertz CT molecular complexity index is 232. The number of carbonyl (C=O) groups is 1. The maximum Gasteiger partial charge on any atom is 0.123 e. The lowest BCUT2D eigenvalue weighted by atomic mass is 9.46. The fourth-order valence-corrected chi connectivity index (χ4v) is 4.76. The van der Waals surface area contributed by atoms with Gasteiger partial charge in [0.15, 0.2) is 0 Å². The Labute approximate surface area is 79.9 Å². The fraction of sp³-hybridized carbons (Fsp3) is 0.917. The third kappa shape index (κ3) is 0.963. The van der Waals surface area contributed by atoms with E-state index in [0.29, 0.717) is 11.3 Å². The van der Waals surface area contributed by atoms with Crippen LogP contribution in [0.5, 0.6) is 0 Å². The molecular weight excluding hydrogens is 160 g/mol. The number of rotatable bonds is 1. The first-order valence-corrected chi connectivity index (χ1v) is 5.66. The summed E-state index contributed by atoms with van der Waals surface area (Å²) in [5, 5.41) is 0. The first kappa shape index (κ1) is 8.02. The third-order valence-electron chi connectivity index (χ3n) is 4.91. The van der Waals surface area contributed by atoms with E-state index in [-0.39, 0.29) is 0 Å². The zero-order chi connectivity index (χ0) is 9.05. The molecule has 72 valence electrons. The summed E-state index contributed by atoms with van der Waals surface area (Å²) >= 11 is 0. The Hall–Kier alpha value is -0.330. The van der Waals surface area contributed by atoms with Crippen molar-refractivity contribution in [2.75, 3.05) is 0 Å². The van der Waals surface area contributed by atoms with Crippen molar-refractivity contribution in [3.63, 3.8) is 0 Å². The van der Waals surface area contributed by atoms with Crippen molar-refractivity contribution in [1.82, 2.24) is 0 Å². The number of carbonyl (C=O) groups excluding carboxylic acids is 1. The molecular formula is C12H18O. The molecule has 4 fully saturated rings. The van der Waals surface area contributed by atoms with Crippen LogP contribution in [-0.4, -0.2) is 6.29 Å². The molecule has 1 heteroatoms. The number of hydrogen-bond acceptors (Lipinski definition) is 1. The van der Waals surface area contributed by atoms with Gasteiger partial charge in [-0.05, 0) is 55.3 Å². The smallest absolute Gasteiger partial charge is 0.123 e. The summed E-state index contributed by atoms with van der Waals surface area (Å²) in [6, 6.07) is 0. The van der Waals surface area contributed by atoms with Crippen LogP contribution < -0.4 is 0 Å². The molecule has 4 saturated carbocycles. The predicted molar refractivity (Wildman–Crippen MR) is 51.2 cm³/mol. The molecule has 13 heavy (non-hydrogen) atoms. The van der Waals surface area contributed by atoms with E-state index in [1.54, 1.807) is 0 Å². The summed E-state index contributed by atoms with van der Waals surface area (Å²) in [5.41, 5.74) is 0.399. The lowest BCUT2D eigenvalue weighted by Gasteiger charge is -2.58. The van der Waals surface area contributed by atoms with E-state index in [2.05, 4.69) is 6.92 Å². The minimum Gasteiger partial charge on any atom is -0.303 e. The van der Waals surface area contributed by atoms with Gasteiger partial charge in [0.2, 0.25) is 0 Å². The Kier molecular flexibility index (Phi) is 1.46. The van der Waals surface area contributed by atoms with Gasteiger partial charge in [-0.2, -0.15) is 0 Å². The van der Waals surface area contributed by atoms with Gasteiger partial charge in [0.25, 0.3) is 0 Å². The van der Waals surface area contributed by atoms with Crippen LogP contribution in [0.25, 0.3) is 0 Å². The van der Waals surface area contributed by atoms with E-state index in [1.807, 2.05) is 0 Å². The van der Waals surface area contributed by atoms with E-state index in [9.17, 15) is 4.79 Å². The van der Waals surface area contributed by atoms with E-state index in [1.165, 1.54) is 38.4 Å². The molecule has 4 rings (SSSR count). The van der Waals surface area contributed by atoms with Gasteiger partial charge in [-0.3, -0.25) is 0 Å². The maximum absolute atomic E-state index is 11.1. The molecule has 0 spiro atoms. The van der Waals surface area contributed by atoms with Crippen LogP contribution in [0.15, 0.2) is 0 Å². The zero-order valence-electron chi connectivity index (χ0n) is 8.33. The van der Waals surface area contributed by atoms with Crippen molar-refractivity contribution in [3.05, 3.63) is 0 Å². The second-order valence-electron chi connectivity index (χ2n) is 5.92. The van der Waals surface area contributed by atoms with Crippen molar-refractivity contribution < 1.29 is 4.79 Å². The Balaban J connectivity index is 1.98. The minimum absolute atomic E-state index is 0.399. The number of aldehydes is 1. The van der Waals surface area contributed by atoms with Crippen molar-refractivity contribution in [2.24, 2.45) is 29.1 Å². The summed E-state index contributed by atoms with van der Waals surface area (Å²) in [7, 11) is 0. The van der Waals surface area contributed by atoms with Crippen LogP contribution in [-0.2, 0) is 4.79 Å². The molecule has 4 bridgehead atoms. The molecule has 3 unspecified atom stereocenters. The molecule has 0 aromatic carbocycles. The summed E-state index contributed by atoms with van der Waals surface area (Å²) in [6.07, 6.45) is 8.12. The molecule has 0 N–H and O–H groups in total. The first-order valence-electron chi connectivity index (χ1n) is 5.66. The van der Waals surface area contributed by atoms with Gasteiger partial charge in [-0.25, -0.2) is 0 Å². The van der Waals surface area contributed by atoms with Crippen molar-refractivity contribution in [2.45, 2.75) is 39.0 Å². The molecule has 0 radical (unpaired) electrons. The second kappa shape index (κ2) is 2.37. The maximum atomic E-state index is 11.1. The molecule has 3 atom stereocenters. The summed E-state index contributed by atoms with van der Waals surface area (Å²) in [6.45, 7) is 2.36. The summed E-state index contributed by atoms with van der Waals surface area (Å²) < 4.78 is 0. The van der Waals surface area contributed by atoms with Crippen LogP contribution in [0.4, 0.5) is 0 Å². The Morgan fingerprint density at radius 1 is 1.15 bits per heavy atom. The highest BCUT2D eigenvalue weighted by atomic mass is 16.1. The largest absolute Gasteiger partial charge is 0.303 e. The monoisotopic (exact) mass is 178 g/mol. The highest BCUT2D eigenvalue weighted by Crippen LogP contribution is 2.61. The Morgan fingerprint density at radius 2 is 1.77 bits per heavy atom. The average molecular weight is 178 g/mol. The molecule has 4 aliphatic rings. The number of hydrogen-bond donors (Lipinski definition) is 0. The quantitative estimate of drug-likeness (QED) is 0.564. The van der Waals surface area contributed by atoms with Gasteiger partial charge in [0.05, 0.1) is 0 Å². The fourth-order valence-electron chi connectivity index (χ4n) is 4.76. The normalized spacial score (nSPS) is 58.2. The minimum atomic E-state index is 0.399. The zero-order valence-corrected chi connectivity index (χ0v) is 8.33. The van der Waals surface area contributed by atoms with Crippen LogP contribution in [0.2, 0.25) is 0 Å². The Morgan fingerprint density at radius 3 is 2.23 bits per heavy atom. The standard InChI is InChI=1S/C12H18O/c1-12-5-8-2-9(6-12)4-10(3-8)11(12)7-13/h7-11H,2-6H2,1H3. The van der Waals surface area contributed by atoms with Crippen LogP contribution in [0.3, 0.4) is 0 Å². The van der Waals surface area contributed by atoms with Crippen LogP contribution in [0, 0.1) is 29.1 Å². The van der Waals surface area contributed by atoms with Crippen LogP contribution in [0.1, 0.15) is 39.0 Å². The SMILES string of the molecule is CC12CC3CC(CC(C3)C1C=O)C2. The highest BCUT2D eigenvalue weighted by molar-refractivity contribution is 5.56. The van der Waals surface area contributed by atoms with E-state index in [4.69, 9.17) is 0 Å². The summed E-state index contributed by atoms with van der Waals surface area (Å²) in [4.78, 5) is 11.1. The first-order chi connectivity index (χ1) is 6.21. The van der Waals surface area contributed by atoms with Gasteiger partial charge in [-0.1, -0.05) is 6.92 Å². The predicted octanol–water partition coefficient (Wildman–Crippen LogP) is 2.65. The second-order valence-corrected chi connectivity index (χ2v) is 5.92. The molecule has 0 heterocycles. The van der Waals surface area contributed by atoms with Crippen LogP contribution >= 0.6 is 0 Å². The van der Waals surface area contributed by atoms with Gasteiger partial charge < -0.3 is 4.79 Å². The van der Waals surface area contributed by atoms with Crippen molar-refractivity contribution >= 4 is 6.29 Å². The van der Waals surface area contributed by atoms with E-state index >= 15 is 0 Å². The molecule has 4 aliphatic carbocycles. The van der Waals surface area contributed by atoms with E-state index < -0.39 is 0 Å². The molecule has 1 nitrogen and oxygen atoms in total. The van der Waals surface area contributed by atoms with Gasteiger partial charge >= 0.3 is 0 Å². The highest BCUT2D eigenvalue weighted by Gasteiger charge is 2.54. The molecule has 0 amide bonds. The van der Waals surface area contributed by atoms with Gasteiger partial charge in [-0.15, -0.1) is 0 Å². The van der Waals surface area contributed by atoms with Gasteiger partial charge in [0, 0.05) is 5.92 Å². The lowest BCUT2D eigenvalue weighted by Crippen LogP contribution is -2.51. The molecule has 0 aliphatic heterocycles.